The maximum absolute atomic E-state index is 14.1. The summed E-state index contributed by atoms with van der Waals surface area (Å²) in [5.41, 5.74) is 0.430. The molecule has 0 saturated carbocycles. The number of amides is 1. The normalized spacial score (nSPS) is 15.8. The molecule has 17 heteroatoms. The van der Waals surface area contributed by atoms with Crippen LogP contribution in [-0.2, 0) is 35.7 Å². The van der Waals surface area contributed by atoms with E-state index in [2.05, 4.69) is 20.5 Å². The number of carbonyl (C=O) groups is 1. The molecule has 0 atom stereocenters. The Morgan fingerprint density at radius 2 is 1.87 bits per heavy atom. The molecular formula is C29H31ClF3N9O4. The van der Waals surface area contributed by atoms with Gasteiger partial charge in [0.05, 0.1) is 35.2 Å². The van der Waals surface area contributed by atoms with Gasteiger partial charge in [-0.1, -0.05) is 24.6 Å². The van der Waals surface area contributed by atoms with Gasteiger partial charge in [-0.2, -0.15) is 27.8 Å². The number of fused-ring (bicyclic) bond motifs is 1. The van der Waals surface area contributed by atoms with Gasteiger partial charge < -0.3 is 29.5 Å². The van der Waals surface area contributed by atoms with E-state index in [0.29, 0.717) is 75.3 Å². The van der Waals surface area contributed by atoms with Gasteiger partial charge >= 0.3 is 6.18 Å². The Hall–Kier alpha value is -4.57. The average molecular weight is 662 g/mol. The summed E-state index contributed by atoms with van der Waals surface area (Å²) in [6.45, 7) is 4.33. The summed E-state index contributed by atoms with van der Waals surface area (Å²) in [6.07, 6.45) is -1.82. The number of benzene rings is 1. The van der Waals surface area contributed by atoms with Crippen LogP contribution in [0.2, 0.25) is 5.02 Å². The van der Waals surface area contributed by atoms with E-state index in [4.69, 9.17) is 16.3 Å². The molecule has 0 radical (unpaired) electrons. The van der Waals surface area contributed by atoms with Crippen molar-refractivity contribution in [1.29, 1.82) is 0 Å². The third kappa shape index (κ3) is 6.01. The lowest BCUT2D eigenvalue weighted by Gasteiger charge is -2.36. The number of anilines is 3. The minimum atomic E-state index is -4.59. The minimum Gasteiger partial charge on any atom is -0.493 e. The van der Waals surface area contributed by atoms with E-state index in [0.717, 1.165) is 23.8 Å². The third-order valence-corrected chi connectivity index (χ3v) is 8.36. The van der Waals surface area contributed by atoms with Crippen LogP contribution in [0, 0.1) is 0 Å². The SMILES string of the molecule is CCc1c(N2CCN(c3cc(O)n(C)n3)CC2)c(=O)n2nc(C3=CCOCC3)nc2n1CC(=O)Nc1ccc(C(F)(F)F)cc1Cl. The molecule has 0 spiro atoms. The monoisotopic (exact) mass is 661 g/mol. The molecule has 2 aliphatic heterocycles. The predicted molar refractivity (Wildman–Crippen MR) is 164 cm³/mol. The molecule has 2 aliphatic rings. The van der Waals surface area contributed by atoms with E-state index in [1.807, 2.05) is 22.8 Å². The molecule has 4 aromatic rings. The van der Waals surface area contributed by atoms with Gasteiger partial charge in [0.1, 0.15) is 12.2 Å². The first-order valence-corrected chi connectivity index (χ1v) is 15.0. The van der Waals surface area contributed by atoms with Crippen molar-refractivity contribution in [2.24, 2.45) is 7.05 Å². The average Bonchev–Trinajstić information content (AvgIpc) is 3.63. The number of hydrogen-bond donors (Lipinski definition) is 2. The fourth-order valence-corrected chi connectivity index (χ4v) is 5.91. The lowest BCUT2D eigenvalue weighted by atomic mass is 10.1. The Labute approximate surface area is 265 Å². The van der Waals surface area contributed by atoms with E-state index < -0.39 is 17.6 Å². The van der Waals surface area contributed by atoms with Crippen LogP contribution in [0.15, 0.2) is 35.1 Å². The van der Waals surface area contributed by atoms with Crippen LogP contribution in [0.1, 0.15) is 30.4 Å². The Bertz CT molecular complexity index is 1870. The third-order valence-electron chi connectivity index (χ3n) is 8.05. The van der Waals surface area contributed by atoms with Crippen molar-refractivity contribution < 1.29 is 27.8 Å². The molecule has 46 heavy (non-hydrogen) atoms. The Morgan fingerprint density at radius 1 is 1.13 bits per heavy atom. The summed E-state index contributed by atoms with van der Waals surface area (Å²) in [7, 11) is 1.64. The number of halogens is 4. The predicted octanol–water partition coefficient (Wildman–Crippen LogP) is 3.33. The van der Waals surface area contributed by atoms with Gasteiger partial charge in [-0.05, 0) is 36.6 Å². The maximum atomic E-state index is 14.1. The van der Waals surface area contributed by atoms with Crippen LogP contribution in [0.4, 0.5) is 30.4 Å². The van der Waals surface area contributed by atoms with Crippen molar-refractivity contribution in [2.75, 3.05) is 54.5 Å². The van der Waals surface area contributed by atoms with Crippen molar-refractivity contribution in [1.82, 2.24) is 28.9 Å². The first-order valence-electron chi connectivity index (χ1n) is 14.6. The van der Waals surface area contributed by atoms with Gasteiger partial charge in [0, 0.05) is 39.3 Å². The molecule has 1 aromatic carbocycles. The van der Waals surface area contributed by atoms with Crippen molar-refractivity contribution in [3.63, 3.8) is 0 Å². The van der Waals surface area contributed by atoms with Gasteiger partial charge in [0.2, 0.25) is 17.6 Å². The molecular weight excluding hydrogens is 631 g/mol. The van der Waals surface area contributed by atoms with Crippen molar-refractivity contribution in [3.8, 4) is 5.88 Å². The highest BCUT2D eigenvalue weighted by Gasteiger charge is 2.32. The zero-order valence-corrected chi connectivity index (χ0v) is 25.8. The molecule has 6 rings (SSSR count). The molecule has 0 unspecified atom stereocenters. The second kappa shape index (κ2) is 12.3. The minimum absolute atomic E-state index is 0.0150. The molecule has 1 saturated heterocycles. The van der Waals surface area contributed by atoms with Crippen LogP contribution in [-0.4, -0.2) is 79.4 Å². The first kappa shape index (κ1) is 31.4. The number of aromatic hydroxyl groups is 1. The number of nitrogens with one attached hydrogen (secondary N) is 1. The van der Waals surface area contributed by atoms with Gasteiger partial charge in [-0.3, -0.25) is 9.59 Å². The molecule has 2 N–H and O–H groups in total. The molecule has 0 aliphatic carbocycles. The second-order valence-corrected chi connectivity index (χ2v) is 11.3. The number of carbonyl (C=O) groups excluding carboxylic acids is 1. The van der Waals surface area contributed by atoms with E-state index in [1.165, 1.54) is 9.20 Å². The van der Waals surface area contributed by atoms with Crippen molar-refractivity contribution in [3.05, 3.63) is 62.8 Å². The molecule has 13 nitrogen and oxygen atoms in total. The van der Waals surface area contributed by atoms with E-state index in [9.17, 15) is 27.9 Å². The zero-order valence-electron chi connectivity index (χ0n) is 25.0. The van der Waals surface area contributed by atoms with E-state index in [-0.39, 0.29) is 34.5 Å². The van der Waals surface area contributed by atoms with Crippen LogP contribution in [0.3, 0.4) is 0 Å². The van der Waals surface area contributed by atoms with E-state index in [1.54, 1.807) is 17.7 Å². The molecule has 1 fully saturated rings. The number of ether oxygens (including phenoxy) is 1. The molecule has 3 aromatic heterocycles. The number of nitrogens with zero attached hydrogens (tertiary/aromatic N) is 8. The summed E-state index contributed by atoms with van der Waals surface area (Å²) in [5, 5.41) is 21.2. The fourth-order valence-electron chi connectivity index (χ4n) is 5.68. The molecule has 244 valence electrons. The topological polar surface area (TPSA) is 135 Å². The summed E-state index contributed by atoms with van der Waals surface area (Å²) in [4.78, 5) is 36.1. The quantitative estimate of drug-likeness (QED) is 0.306. The molecule has 0 bridgehead atoms. The number of aromatic nitrogens is 6. The highest BCUT2D eigenvalue weighted by atomic mass is 35.5. The van der Waals surface area contributed by atoms with E-state index >= 15 is 0 Å². The van der Waals surface area contributed by atoms with Crippen molar-refractivity contribution >= 4 is 46.1 Å². The van der Waals surface area contributed by atoms with Crippen LogP contribution in [0.5, 0.6) is 5.88 Å². The lowest BCUT2D eigenvalue weighted by Crippen LogP contribution is -2.49. The van der Waals surface area contributed by atoms with Crippen molar-refractivity contribution in [2.45, 2.75) is 32.5 Å². The highest BCUT2D eigenvalue weighted by Crippen LogP contribution is 2.34. The molecule has 5 heterocycles. The number of rotatable bonds is 7. The first-order chi connectivity index (χ1) is 21.9. The zero-order chi connectivity index (χ0) is 32.7. The Morgan fingerprint density at radius 3 is 2.48 bits per heavy atom. The van der Waals surface area contributed by atoms with Crippen LogP contribution < -0.4 is 20.7 Å². The Balaban J connectivity index is 1.36. The molecule has 1 amide bonds. The largest absolute Gasteiger partial charge is 0.493 e. The summed E-state index contributed by atoms with van der Waals surface area (Å²) in [5.74, 6) is 0.579. The van der Waals surface area contributed by atoms with Gasteiger partial charge in [0.15, 0.2) is 11.6 Å². The van der Waals surface area contributed by atoms with Gasteiger partial charge in [0.25, 0.3) is 5.56 Å². The number of hydrogen-bond acceptors (Lipinski definition) is 9. The summed E-state index contributed by atoms with van der Waals surface area (Å²) >= 11 is 6.10. The van der Waals surface area contributed by atoms with Crippen LogP contribution in [0.25, 0.3) is 11.4 Å². The fraction of sp³-hybridized carbons (Fsp3) is 0.414. The lowest BCUT2D eigenvalue weighted by molar-refractivity contribution is -0.137. The van der Waals surface area contributed by atoms with Gasteiger partial charge in [-0.25, -0.2) is 4.68 Å². The Kier molecular flexibility index (Phi) is 8.41. The standard InChI is InChI=1S/C29H31ClF3N9O4/c1-3-21-25(40-10-8-39(9-11-40)22-15-24(44)38(2)36-22)27(45)42-28(35-26(37-42)17-6-12-46-13-7-17)41(21)16-23(43)34-20-5-4-18(14-19(20)30)29(31,32)33/h4-6,14-15,44H,3,7-13,16H2,1-2H3,(H,34,43). The number of aryl methyl sites for hydroxylation is 1. The van der Waals surface area contributed by atoms with Gasteiger partial charge in [-0.15, -0.1) is 5.10 Å². The number of alkyl halides is 3. The summed E-state index contributed by atoms with van der Waals surface area (Å²) < 4.78 is 49.0. The number of piperazine rings is 1. The second-order valence-electron chi connectivity index (χ2n) is 10.9. The summed E-state index contributed by atoms with van der Waals surface area (Å²) in [6, 6.07) is 4.27. The smallest absolute Gasteiger partial charge is 0.416 e. The van der Waals surface area contributed by atoms with Crippen LogP contribution >= 0.6 is 11.6 Å². The maximum Gasteiger partial charge on any atom is 0.416 e. The highest BCUT2D eigenvalue weighted by molar-refractivity contribution is 6.33.